The molecule has 1 aliphatic rings. The predicted molar refractivity (Wildman–Crippen MR) is 101 cm³/mol. The summed E-state index contributed by atoms with van der Waals surface area (Å²) in [6.07, 6.45) is -4.68. The molecule has 4 rings (SSSR count). The van der Waals surface area contributed by atoms with Gasteiger partial charge in [0.25, 0.3) is 0 Å². The van der Waals surface area contributed by atoms with Crippen LogP contribution in [0.25, 0.3) is 5.69 Å². The molecule has 2 aromatic carbocycles. The van der Waals surface area contributed by atoms with Crippen molar-refractivity contribution in [2.75, 3.05) is 6.79 Å². The largest absolute Gasteiger partial charge is 0.454 e. The number of amides is 1. The van der Waals surface area contributed by atoms with E-state index in [0.717, 1.165) is 16.8 Å². The van der Waals surface area contributed by atoms with Gasteiger partial charge in [-0.1, -0.05) is 12.1 Å². The second kappa shape index (κ2) is 7.93. The Kier molecular flexibility index (Phi) is 5.30. The lowest BCUT2D eigenvalue weighted by Crippen LogP contribution is -2.28. The lowest BCUT2D eigenvalue weighted by Gasteiger charge is -2.14. The molecule has 0 bridgehead atoms. The quantitative estimate of drug-likeness (QED) is 0.611. The summed E-state index contributed by atoms with van der Waals surface area (Å²) in [6, 6.07) is 11.0. The van der Waals surface area contributed by atoms with E-state index >= 15 is 0 Å². The van der Waals surface area contributed by atoms with E-state index in [1.807, 2.05) is 0 Å². The summed E-state index contributed by atoms with van der Waals surface area (Å²) in [5.41, 5.74) is -0.297. The molecule has 1 atom stereocenters. The van der Waals surface area contributed by atoms with Gasteiger partial charge in [-0.2, -0.15) is 18.3 Å². The van der Waals surface area contributed by atoms with E-state index in [0.29, 0.717) is 17.1 Å². The number of hydrogen-bond donors (Lipinski definition) is 1. The monoisotopic (exact) mass is 435 g/mol. The topological polar surface area (TPSA) is 65.4 Å². The fraction of sp³-hybridized carbons (Fsp3) is 0.238. The summed E-state index contributed by atoms with van der Waals surface area (Å²) in [5.74, 6) is -0.513. The first-order valence-corrected chi connectivity index (χ1v) is 9.32. The number of nitrogens with zero attached hydrogens (tertiary/aromatic N) is 2. The van der Waals surface area contributed by atoms with Gasteiger partial charge in [0, 0.05) is 0 Å². The van der Waals surface area contributed by atoms with E-state index in [1.54, 1.807) is 25.1 Å². The normalized spacial score (nSPS) is 13.8. The second-order valence-corrected chi connectivity index (χ2v) is 6.96. The van der Waals surface area contributed by atoms with Gasteiger partial charge in [-0.3, -0.25) is 4.79 Å². The van der Waals surface area contributed by atoms with Crippen LogP contribution in [-0.2, 0) is 17.5 Å². The molecule has 0 aliphatic carbocycles. The smallest absolute Gasteiger partial charge is 0.435 e. The first-order valence-electron chi connectivity index (χ1n) is 9.32. The van der Waals surface area contributed by atoms with Crippen molar-refractivity contribution >= 4 is 5.91 Å². The van der Waals surface area contributed by atoms with Crippen LogP contribution in [0.4, 0.5) is 17.6 Å². The third-order valence-corrected chi connectivity index (χ3v) is 4.86. The summed E-state index contributed by atoms with van der Waals surface area (Å²) in [4.78, 5) is 12.6. The minimum atomic E-state index is -4.68. The Balaban J connectivity index is 1.54. The first-order chi connectivity index (χ1) is 14.7. The number of ether oxygens (including phenoxy) is 2. The number of fused-ring (bicyclic) bond motifs is 1. The SMILES string of the molecule is CC(C(=O)NCc1cc(C(F)(F)F)nn1-c1cccc(F)c1)c1ccc2c(c1)OCO2. The fourth-order valence-corrected chi connectivity index (χ4v) is 3.18. The maximum Gasteiger partial charge on any atom is 0.435 e. The molecule has 2 heterocycles. The number of carbonyl (C=O) groups excluding carboxylic acids is 1. The van der Waals surface area contributed by atoms with Crippen molar-refractivity contribution in [2.24, 2.45) is 0 Å². The highest BCUT2D eigenvalue weighted by Crippen LogP contribution is 2.35. The maximum atomic E-state index is 13.6. The molecule has 1 aromatic heterocycles. The molecule has 0 radical (unpaired) electrons. The fourth-order valence-electron chi connectivity index (χ4n) is 3.18. The summed E-state index contributed by atoms with van der Waals surface area (Å²) < 4.78 is 64.6. The number of hydrogen-bond acceptors (Lipinski definition) is 4. The van der Waals surface area contributed by atoms with Crippen molar-refractivity contribution in [2.45, 2.75) is 25.6 Å². The van der Waals surface area contributed by atoms with Crippen LogP contribution in [0.1, 0.15) is 29.8 Å². The van der Waals surface area contributed by atoms with E-state index in [-0.39, 0.29) is 24.7 Å². The molecular weight excluding hydrogens is 418 g/mol. The number of benzene rings is 2. The van der Waals surface area contributed by atoms with Gasteiger partial charge in [-0.25, -0.2) is 9.07 Å². The van der Waals surface area contributed by atoms with E-state index < -0.39 is 29.5 Å². The summed E-state index contributed by atoms with van der Waals surface area (Å²) >= 11 is 0. The summed E-state index contributed by atoms with van der Waals surface area (Å²) in [6.45, 7) is 1.54. The average Bonchev–Trinajstić information content (AvgIpc) is 3.37. The standard InChI is InChI=1S/C21H17F4N3O3/c1-12(13-5-6-17-18(7-13)31-11-30-17)20(29)26-10-16-9-19(21(23,24)25)27-28(16)15-4-2-3-14(22)8-15/h2-9,12H,10-11H2,1H3,(H,26,29). The van der Waals surface area contributed by atoms with Crippen LogP contribution >= 0.6 is 0 Å². The molecule has 0 fully saturated rings. The zero-order valence-electron chi connectivity index (χ0n) is 16.2. The Morgan fingerprint density at radius 3 is 2.68 bits per heavy atom. The minimum absolute atomic E-state index is 0.0594. The van der Waals surface area contributed by atoms with Gasteiger partial charge in [0.1, 0.15) is 5.82 Å². The van der Waals surface area contributed by atoms with Crippen LogP contribution in [0, 0.1) is 5.82 Å². The van der Waals surface area contributed by atoms with Gasteiger partial charge in [0.05, 0.1) is 23.8 Å². The lowest BCUT2D eigenvalue weighted by atomic mass is 10.00. The minimum Gasteiger partial charge on any atom is -0.454 e. The molecule has 1 amide bonds. The van der Waals surface area contributed by atoms with Crippen LogP contribution in [-0.4, -0.2) is 22.5 Å². The summed E-state index contributed by atoms with van der Waals surface area (Å²) in [7, 11) is 0. The number of halogens is 4. The molecule has 31 heavy (non-hydrogen) atoms. The third-order valence-electron chi connectivity index (χ3n) is 4.86. The predicted octanol–water partition coefficient (Wildman–Crippen LogP) is 4.18. The van der Waals surface area contributed by atoms with Crippen LogP contribution in [0.3, 0.4) is 0 Å². The number of nitrogens with one attached hydrogen (secondary N) is 1. The maximum absolute atomic E-state index is 13.6. The molecule has 1 aliphatic heterocycles. The number of rotatable bonds is 5. The number of aromatic nitrogens is 2. The van der Waals surface area contributed by atoms with Gasteiger partial charge in [-0.15, -0.1) is 0 Å². The molecule has 0 saturated carbocycles. The Morgan fingerprint density at radius 2 is 1.94 bits per heavy atom. The molecule has 0 saturated heterocycles. The lowest BCUT2D eigenvalue weighted by molar-refractivity contribution is -0.141. The molecule has 3 aromatic rings. The van der Waals surface area contributed by atoms with E-state index in [1.165, 1.54) is 18.2 Å². The molecule has 162 valence electrons. The Bertz CT molecular complexity index is 1130. The van der Waals surface area contributed by atoms with Crippen LogP contribution in [0.5, 0.6) is 11.5 Å². The highest BCUT2D eigenvalue weighted by molar-refractivity contribution is 5.83. The number of carbonyl (C=O) groups is 1. The molecule has 1 unspecified atom stereocenters. The van der Waals surface area contributed by atoms with Crippen LogP contribution in [0.2, 0.25) is 0 Å². The Morgan fingerprint density at radius 1 is 1.16 bits per heavy atom. The highest BCUT2D eigenvalue weighted by atomic mass is 19.4. The van der Waals surface area contributed by atoms with Crippen molar-refractivity contribution in [3.8, 4) is 17.2 Å². The van der Waals surface area contributed by atoms with Gasteiger partial charge in [0.15, 0.2) is 17.2 Å². The van der Waals surface area contributed by atoms with E-state index in [9.17, 15) is 22.4 Å². The van der Waals surface area contributed by atoms with Gasteiger partial charge in [-0.05, 0) is 48.9 Å². The Hall–Kier alpha value is -3.56. The Labute approximate surface area is 174 Å². The van der Waals surface area contributed by atoms with Crippen molar-refractivity contribution < 1.29 is 31.8 Å². The average molecular weight is 435 g/mol. The van der Waals surface area contributed by atoms with Crippen molar-refractivity contribution in [1.82, 2.24) is 15.1 Å². The molecule has 0 spiro atoms. The van der Waals surface area contributed by atoms with Crippen molar-refractivity contribution in [1.29, 1.82) is 0 Å². The summed E-state index contributed by atoms with van der Waals surface area (Å²) in [5, 5.41) is 6.18. The van der Waals surface area contributed by atoms with Crippen LogP contribution in [0.15, 0.2) is 48.5 Å². The molecule has 6 nitrogen and oxygen atoms in total. The zero-order valence-corrected chi connectivity index (χ0v) is 16.2. The van der Waals surface area contributed by atoms with Gasteiger partial charge >= 0.3 is 6.18 Å². The van der Waals surface area contributed by atoms with Crippen molar-refractivity contribution in [3.63, 3.8) is 0 Å². The second-order valence-electron chi connectivity index (χ2n) is 6.96. The molecule has 10 heteroatoms. The van der Waals surface area contributed by atoms with Crippen molar-refractivity contribution in [3.05, 3.63) is 71.3 Å². The van der Waals surface area contributed by atoms with Gasteiger partial charge in [0.2, 0.25) is 12.7 Å². The number of alkyl halides is 3. The first kappa shape index (κ1) is 20.7. The van der Waals surface area contributed by atoms with E-state index in [2.05, 4.69) is 10.4 Å². The molecule has 1 N–H and O–H groups in total. The highest BCUT2D eigenvalue weighted by Gasteiger charge is 2.35. The zero-order chi connectivity index (χ0) is 22.2. The van der Waals surface area contributed by atoms with Crippen LogP contribution < -0.4 is 14.8 Å². The molecular formula is C21H17F4N3O3. The van der Waals surface area contributed by atoms with Gasteiger partial charge < -0.3 is 14.8 Å². The van der Waals surface area contributed by atoms with E-state index in [4.69, 9.17) is 9.47 Å². The third kappa shape index (κ3) is 4.32.